The number of carbonyl (C=O) groups is 3. The minimum absolute atomic E-state index is 0.102. The van der Waals surface area contributed by atoms with E-state index in [2.05, 4.69) is 10.6 Å². The van der Waals surface area contributed by atoms with Crippen LogP contribution in [-0.4, -0.2) is 44.5 Å². The van der Waals surface area contributed by atoms with Crippen LogP contribution in [0.4, 0.5) is 5.69 Å². The van der Waals surface area contributed by atoms with Gasteiger partial charge in [0.1, 0.15) is 5.75 Å². The van der Waals surface area contributed by atoms with Crippen LogP contribution in [0.25, 0.3) is 0 Å². The van der Waals surface area contributed by atoms with E-state index in [0.29, 0.717) is 18.0 Å². The summed E-state index contributed by atoms with van der Waals surface area (Å²) >= 11 is 0. The van der Waals surface area contributed by atoms with Gasteiger partial charge < -0.3 is 24.7 Å². The Balaban J connectivity index is 1.46. The molecular formula is C19H21N3O5. The van der Waals surface area contributed by atoms with Crippen LogP contribution in [0.2, 0.25) is 0 Å². The molecule has 3 rings (SSSR count). The minimum atomic E-state index is -0.426. The first kappa shape index (κ1) is 18.5. The highest BCUT2D eigenvalue weighted by atomic mass is 16.5. The van der Waals surface area contributed by atoms with Crippen LogP contribution < -0.4 is 20.3 Å². The number of methoxy groups -OCH3 is 1. The lowest BCUT2D eigenvalue weighted by molar-refractivity contribution is -0.126. The summed E-state index contributed by atoms with van der Waals surface area (Å²) in [6, 6.07) is 10.4. The molecule has 0 radical (unpaired) electrons. The second-order valence-corrected chi connectivity index (χ2v) is 6.13. The third-order valence-electron chi connectivity index (χ3n) is 4.32. The largest absolute Gasteiger partial charge is 0.497 e. The van der Waals surface area contributed by atoms with Gasteiger partial charge in [-0.3, -0.25) is 14.4 Å². The molecule has 0 saturated carbocycles. The molecule has 1 aliphatic heterocycles. The maximum atomic E-state index is 12.3. The molecule has 2 N–H and O–H groups in total. The normalized spacial score (nSPS) is 16.3. The molecule has 8 nitrogen and oxygen atoms in total. The van der Waals surface area contributed by atoms with Crippen molar-refractivity contribution in [2.24, 2.45) is 5.92 Å². The zero-order valence-corrected chi connectivity index (χ0v) is 14.9. The van der Waals surface area contributed by atoms with E-state index in [1.165, 1.54) is 6.26 Å². The van der Waals surface area contributed by atoms with Crippen molar-refractivity contribution in [1.29, 1.82) is 0 Å². The Bertz CT molecular complexity index is 819. The molecule has 0 spiro atoms. The van der Waals surface area contributed by atoms with Crippen LogP contribution >= 0.6 is 0 Å². The Morgan fingerprint density at radius 1 is 1.22 bits per heavy atom. The van der Waals surface area contributed by atoms with E-state index >= 15 is 0 Å². The highest BCUT2D eigenvalue weighted by molar-refractivity contribution is 6.00. The maximum Gasteiger partial charge on any atom is 0.287 e. The minimum Gasteiger partial charge on any atom is -0.497 e. The molecule has 2 aromatic rings. The van der Waals surface area contributed by atoms with Gasteiger partial charge in [-0.15, -0.1) is 0 Å². The molecule has 0 unspecified atom stereocenters. The number of nitrogens with one attached hydrogen (secondary N) is 2. The molecular weight excluding hydrogens is 350 g/mol. The fourth-order valence-electron chi connectivity index (χ4n) is 2.91. The van der Waals surface area contributed by atoms with Crippen molar-refractivity contribution in [3.8, 4) is 5.75 Å². The molecule has 1 aliphatic rings. The van der Waals surface area contributed by atoms with E-state index in [0.717, 1.165) is 0 Å². The third kappa shape index (κ3) is 4.46. The third-order valence-corrected chi connectivity index (χ3v) is 4.32. The standard InChI is InChI=1S/C19H21N3O5/c1-26-15-5-2-4-14(11-15)22-12-13(10-17(22)23)18(24)20-7-8-21-19(25)16-6-3-9-27-16/h2-6,9,11,13H,7-8,10,12H2,1H3,(H,20,24)(H,21,25)/t13-/m1/s1. The zero-order chi connectivity index (χ0) is 19.2. The average molecular weight is 371 g/mol. The quantitative estimate of drug-likeness (QED) is 0.712. The fourth-order valence-corrected chi connectivity index (χ4v) is 2.91. The molecule has 2 heterocycles. The zero-order valence-electron chi connectivity index (χ0n) is 14.9. The average Bonchev–Trinajstić information content (AvgIpc) is 3.35. The number of amides is 3. The fraction of sp³-hybridized carbons (Fsp3) is 0.316. The molecule has 27 heavy (non-hydrogen) atoms. The molecule has 0 bridgehead atoms. The van der Waals surface area contributed by atoms with Crippen LogP contribution in [0.3, 0.4) is 0 Å². The highest BCUT2D eigenvalue weighted by Crippen LogP contribution is 2.27. The lowest BCUT2D eigenvalue weighted by Gasteiger charge is -2.17. The van der Waals surface area contributed by atoms with E-state index in [-0.39, 0.29) is 43.0 Å². The summed E-state index contributed by atoms with van der Waals surface area (Å²) in [5.74, 6) is -0.202. The second-order valence-electron chi connectivity index (χ2n) is 6.13. The van der Waals surface area contributed by atoms with Gasteiger partial charge in [0, 0.05) is 37.8 Å². The smallest absolute Gasteiger partial charge is 0.287 e. The Morgan fingerprint density at radius 3 is 2.78 bits per heavy atom. The Kier molecular flexibility index (Phi) is 5.75. The number of benzene rings is 1. The Morgan fingerprint density at radius 2 is 2.04 bits per heavy atom. The maximum absolute atomic E-state index is 12.3. The van der Waals surface area contributed by atoms with E-state index in [9.17, 15) is 14.4 Å². The summed E-state index contributed by atoms with van der Waals surface area (Å²) in [5, 5.41) is 5.40. The SMILES string of the molecule is COc1cccc(N2C[C@H](C(=O)NCCNC(=O)c3ccco3)CC2=O)c1. The molecule has 1 atom stereocenters. The first-order valence-electron chi connectivity index (χ1n) is 8.62. The Labute approximate surface area is 156 Å². The van der Waals surface area contributed by atoms with Crippen molar-refractivity contribution in [3.63, 3.8) is 0 Å². The molecule has 142 valence electrons. The van der Waals surface area contributed by atoms with Gasteiger partial charge in [-0.05, 0) is 24.3 Å². The van der Waals surface area contributed by atoms with Crippen molar-refractivity contribution in [2.75, 3.05) is 31.6 Å². The van der Waals surface area contributed by atoms with Gasteiger partial charge in [0.2, 0.25) is 11.8 Å². The second kappa shape index (κ2) is 8.39. The highest BCUT2D eigenvalue weighted by Gasteiger charge is 2.35. The van der Waals surface area contributed by atoms with Gasteiger partial charge in [-0.1, -0.05) is 6.07 Å². The van der Waals surface area contributed by atoms with Gasteiger partial charge >= 0.3 is 0 Å². The number of ether oxygens (including phenoxy) is 1. The van der Waals surface area contributed by atoms with Gasteiger partial charge in [0.05, 0.1) is 19.3 Å². The number of furan rings is 1. The number of hydrogen-bond donors (Lipinski definition) is 2. The van der Waals surface area contributed by atoms with E-state index in [1.54, 1.807) is 42.3 Å². The first-order valence-corrected chi connectivity index (χ1v) is 8.62. The monoisotopic (exact) mass is 371 g/mol. The van der Waals surface area contributed by atoms with Crippen LogP contribution in [-0.2, 0) is 9.59 Å². The lowest BCUT2D eigenvalue weighted by atomic mass is 10.1. The molecule has 1 aromatic heterocycles. The van der Waals surface area contributed by atoms with Gasteiger partial charge in [-0.2, -0.15) is 0 Å². The summed E-state index contributed by atoms with van der Waals surface area (Å²) in [6.45, 7) is 0.858. The summed E-state index contributed by atoms with van der Waals surface area (Å²) in [7, 11) is 1.56. The van der Waals surface area contributed by atoms with Crippen LogP contribution in [0.15, 0.2) is 47.1 Å². The van der Waals surface area contributed by atoms with Gasteiger partial charge in [0.15, 0.2) is 5.76 Å². The summed E-state index contributed by atoms with van der Waals surface area (Å²) in [5.41, 5.74) is 0.709. The topological polar surface area (TPSA) is 101 Å². The number of anilines is 1. The van der Waals surface area contributed by atoms with E-state index in [1.807, 2.05) is 6.07 Å². The summed E-state index contributed by atoms with van der Waals surface area (Å²) in [6.07, 6.45) is 1.57. The first-order chi connectivity index (χ1) is 13.1. The molecule has 1 fully saturated rings. The van der Waals surface area contributed by atoms with Crippen molar-refractivity contribution in [3.05, 3.63) is 48.4 Å². The van der Waals surface area contributed by atoms with Crippen molar-refractivity contribution in [1.82, 2.24) is 10.6 Å². The van der Waals surface area contributed by atoms with Crippen LogP contribution in [0.5, 0.6) is 5.75 Å². The number of rotatable bonds is 7. The number of nitrogens with zero attached hydrogens (tertiary/aromatic N) is 1. The number of carbonyl (C=O) groups excluding carboxylic acids is 3. The predicted molar refractivity (Wildman–Crippen MR) is 97.5 cm³/mol. The van der Waals surface area contributed by atoms with Crippen LogP contribution in [0, 0.1) is 5.92 Å². The van der Waals surface area contributed by atoms with Gasteiger partial charge in [0.25, 0.3) is 5.91 Å². The van der Waals surface area contributed by atoms with Crippen molar-refractivity contribution < 1.29 is 23.5 Å². The van der Waals surface area contributed by atoms with Crippen LogP contribution in [0.1, 0.15) is 17.0 Å². The van der Waals surface area contributed by atoms with E-state index < -0.39 is 5.92 Å². The predicted octanol–water partition coefficient (Wildman–Crippen LogP) is 1.19. The molecule has 0 aliphatic carbocycles. The van der Waals surface area contributed by atoms with Gasteiger partial charge in [-0.25, -0.2) is 0 Å². The molecule has 1 aromatic carbocycles. The molecule has 8 heteroatoms. The van der Waals surface area contributed by atoms with Crippen molar-refractivity contribution in [2.45, 2.75) is 6.42 Å². The van der Waals surface area contributed by atoms with Crippen molar-refractivity contribution >= 4 is 23.4 Å². The summed E-state index contributed by atoms with van der Waals surface area (Å²) < 4.78 is 10.2. The summed E-state index contributed by atoms with van der Waals surface area (Å²) in [4.78, 5) is 37.9. The Hall–Kier alpha value is -3.29. The molecule has 1 saturated heterocycles. The number of hydrogen-bond acceptors (Lipinski definition) is 5. The molecule has 3 amide bonds. The lowest BCUT2D eigenvalue weighted by Crippen LogP contribution is -2.38. The van der Waals surface area contributed by atoms with E-state index in [4.69, 9.17) is 9.15 Å².